The van der Waals surface area contributed by atoms with Crippen molar-refractivity contribution in [3.63, 3.8) is 0 Å². The van der Waals surface area contributed by atoms with Crippen LogP contribution in [0.1, 0.15) is 70.6 Å². The molecule has 0 heterocycles. The van der Waals surface area contributed by atoms with Gasteiger partial charge in [0.25, 0.3) is 0 Å². The van der Waals surface area contributed by atoms with Crippen LogP contribution in [-0.2, 0) is 18.4 Å². The average molecular weight is 359 g/mol. The first kappa shape index (κ1) is 23.3. The van der Waals surface area contributed by atoms with Crippen LogP contribution in [0.4, 0.5) is 0 Å². The number of ether oxygens (including phenoxy) is 1. The van der Waals surface area contributed by atoms with E-state index in [1.807, 2.05) is 0 Å². The second-order valence-corrected chi connectivity index (χ2v) is 10.1. The Labute approximate surface area is 150 Å². The van der Waals surface area contributed by atoms with Crippen molar-refractivity contribution in [3.8, 4) is 0 Å². The van der Waals surface area contributed by atoms with E-state index < -0.39 is 8.56 Å². The van der Waals surface area contributed by atoms with Crippen molar-refractivity contribution in [1.82, 2.24) is 0 Å². The van der Waals surface area contributed by atoms with E-state index in [0.29, 0.717) is 6.61 Å². The van der Waals surface area contributed by atoms with Crippen LogP contribution in [0.15, 0.2) is 12.7 Å². The van der Waals surface area contributed by atoms with E-state index in [2.05, 4.69) is 13.1 Å². The zero-order valence-electron chi connectivity index (χ0n) is 16.1. The fraction of sp³-hybridized carbons (Fsp3) is 0.842. The Morgan fingerprint density at radius 1 is 0.833 bits per heavy atom. The summed E-state index contributed by atoms with van der Waals surface area (Å²) >= 11 is 0. The molecule has 0 N–H and O–H groups in total. The first-order chi connectivity index (χ1) is 11.6. The number of carbonyl (C=O) groups is 1. The molecule has 0 aromatic rings. The van der Waals surface area contributed by atoms with Gasteiger partial charge in [0.15, 0.2) is 0 Å². The molecule has 0 bridgehead atoms. The van der Waals surface area contributed by atoms with Gasteiger partial charge in [-0.15, -0.1) is 0 Å². The van der Waals surface area contributed by atoms with Crippen LogP contribution in [0.5, 0.6) is 0 Å². The van der Waals surface area contributed by atoms with Gasteiger partial charge >= 0.3 is 14.5 Å². The first-order valence-corrected chi connectivity index (χ1v) is 12.0. The van der Waals surface area contributed by atoms with Crippen LogP contribution in [0.25, 0.3) is 0 Å². The molecule has 5 heteroatoms. The van der Waals surface area contributed by atoms with Gasteiger partial charge < -0.3 is 13.6 Å². The minimum absolute atomic E-state index is 0.314. The van der Waals surface area contributed by atoms with Crippen molar-refractivity contribution in [1.29, 1.82) is 0 Å². The molecule has 0 amide bonds. The summed E-state index contributed by atoms with van der Waals surface area (Å²) in [4.78, 5) is 10.8. The molecule has 0 aromatic carbocycles. The Morgan fingerprint density at radius 3 is 1.67 bits per heavy atom. The van der Waals surface area contributed by atoms with Crippen LogP contribution >= 0.6 is 0 Å². The van der Waals surface area contributed by atoms with Crippen LogP contribution in [-0.4, -0.2) is 35.4 Å². The van der Waals surface area contributed by atoms with E-state index in [1.165, 1.54) is 63.9 Å². The molecule has 0 aliphatic rings. The van der Waals surface area contributed by atoms with E-state index in [0.717, 1.165) is 18.9 Å². The lowest BCUT2D eigenvalue weighted by Crippen LogP contribution is -2.35. The molecule has 0 radical (unpaired) electrons. The summed E-state index contributed by atoms with van der Waals surface area (Å²) in [5.74, 6) is -0.314. The van der Waals surface area contributed by atoms with Gasteiger partial charge in [-0.2, -0.15) is 0 Å². The molecular weight excluding hydrogens is 320 g/mol. The maximum atomic E-state index is 10.8. The van der Waals surface area contributed by atoms with Crippen molar-refractivity contribution in [3.05, 3.63) is 12.7 Å². The molecule has 0 aromatic heterocycles. The quantitative estimate of drug-likeness (QED) is 0.152. The van der Waals surface area contributed by atoms with Gasteiger partial charge in [-0.1, -0.05) is 70.8 Å². The Kier molecular flexibility index (Phi) is 15.4. The van der Waals surface area contributed by atoms with E-state index in [-0.39, 0.29) is 5.97 Å². The monoisotopic (exact) mass is 358 g/mol. The highest BCUT2D eigenvalue weighted by Gasteiger charge is 2.27. The molecule has 0 fully saturated rings. The number of rotatable bonds is 17. The zero-order chi connectivity index (χ0) is 18.1. The Morgan fingerprint density at radius 2 is 1.25 bits per heavy atom. The van der Waals surface area contributed by atoms with Crippen molar-refractivity contribution < 1.29 is 18.4 Å². The molecule has 0 atom stereocenters. The maximum Gasteiger partial charge on any atom is 0.334 e. The summed E-state index contributed by atoms with van der Waals surface area (Å²) in [6.45, 7) is 6.04. The second kappa shape index (κ2) is 15.9. The van der Waals surface area contributed by atoms with Crippen molar-refractivity contribution in [2.45, 2.75) is 83.2 Å². The number of carbonyl (C=O) groups excluding carboxylic acids is 1. The Hall–Kier alpha value is -0.653. The number of unbranched alkanes of at least 4 members (excludes halogenated alkanes) is 10. The molecule has 0 aliphatic heterocycles. The molecule has 0 spiro atoms. The molecule has 24 heavy (non-hydrogen) atoms. The molecule has 0 aliphatic carbocycles. The third kappa shape index (κ3) is 13.8. The predicted octanol–water partition coefficient (Wildman–Crippen LogP) is 5.37. The predicted molar refractivity (Wildman–Crippen MR) is 102 cm³/mol. The van der Waals surface area contributed by atoms with Gasteiger partial charge in [-0.05, 0) is 19.0 Å². The number of hydrogen-bond donors (Lipinski definition) is 0. The topological polar surface area (TPSA) is 44.8 Å². The molecule has 0 saturated heterocycles. The zero-order valence-corrected chi connectivity index (χ0v) is 17.1. The lowest BCUT2D eigenvalue weighted by molar-refractivity contribution is -0.137. The van der Waals surface area contributed by atoms with E-state index in [4.69, 9.17) is 13.6 Å². The van der Waals surface area contributed by atoms with Gasteiger partial charge in [0.2, 0.25) is 0 Å². The van der Waals surface area contributed by atoms with Gasteiger partial charge in [0.1, 0.15) is 0 Å². The van der Waals surface area contributed by atoms with E-state index >= 15 is 0 Å². The largest absolute Gasteiger partial charge is 0.463 e. The van der Waals surface area contributed by atoms with Crippen LogP contribution in [0.2, 0.25) is 12.6 Å². The summed E-state index contributed by atoms with van der Waals surface area (Å²) < 4.78 is 15.9. The van der Waals surface area contributed by atoms with Gasteiger partial charge in [-0.25, -0.2) is 4.79 Å². The van der Waals surface area contributed by atoms with Crippen LogP contribution < -0.4 is 0 Å². The fourth-order valence-electron chi connectivity index (χ4n) is 2.66. The van der Waals surface area contributed by atoms with E-state index in [1.54, 1.807) is 14.2 Å². The highest BCUT2D eigenvalue weighted by Crippen LogP contribution is 2.17. The molecular formula is C19H38O4Si. The highest BCUT2D eigenvalue weighted by atomic mass is 28.4. The number of esters is 1. The standard InChI is InChI=1S/C19H38O4Si/c1-5-19(20)23-17-15-13-11-9-7-6-8-10-12-14-16-18-24(4,21-2)22-3/h5H,1,6-18H2,2-4H3. The smallest absolute Gasteiger partial charge is 0.334 e. The molecule has 4 nitrogen and oxygen atoms in total. The fourth-order valence-corrected chi connectivity index (χ4v) is 4.13. The van der Waals surface area contributed by atoms with Crippen LogP contribution in [0, 0.1) is 0 Å². The van der Waals surface area contributed by atoms with Gasteiger partial charge in [-0.3, -0.25) is 0 Å². The lowest BCUT2D eigenvalue weighted by Gasteiger charge is -2.22. The lowest BCUT2D eigenvalue weighted by atomic mass is 10.1. The van der Waals surface area contributed by atoms with Gasteiger partial charge in [0.05, 0.1) is 6.61 Å². The minimum atomic E-state index is -1.84. The minimum Gasteiger partial charge on any atom is -0.463 e. The molecule has 0 saturated carbocycles. The average Bonchev–Trinajstić information content (AvgIpc) is 2.61. The third-order valence-electron chi connectivity index (χ3n) is 4.55. The third-order valence-corrected chi connectivity index (χ3v) is 7.54. The molecule has 0 rings (SSSR count). The summed E-state index contributed by atoms with van der Waals surface area (Å²) in [7, 11) is 1.70. The van der Waals surface area contributed by atoms with E-state index in [9.17, 15) is 4.79 Å². The Bertz CT molecular complexity index is 316. The normalized spacial score (nSPS) is 11.5. The highest BCUT2D eigenvalue weighted by molar-refractivity contribution is 6.65. The summed E-state index contributed by atoms with van der Waals surface area (Å²) in [6.07, 6.45) is 15.1. The molecule has 142 valence electrons. The first-order valence-electron chi connectivity index (χ1n) is 9.47. The Balaban J connectivity index is 3.20. The summed E-state index contributed by atoms with van der Waals surface area (Å²) in [5.41, 5.74) is 0. The summed E-state index contributed by atoms with van der Waals surface area (Å²) in [5, 5.41) is 0. The van der Waals surface area contributed by atoms with Crippen molar-refractivity contribution in [2.24, 2.45) is 0 Å². The van der Waals surface area contributed by atoms with Gasteiger partial charge in [0, 0.05) is 20.3 Å². The van der Waals surface area contributed by atoms with Crippen LogP contribution in [0.3, 0.4) is 0 Å². The second-order valence-electron chi connectivity index (χ2n) is 6.55. The molecule has 0 unspecified atom stereocenters. The number of hydrogen-bond acceptors (Lipinski definition) is 4. The van der Waals surface area contributed by atoms with Crippen molar-refractivity contribution >= 4 is 14.5 Å². The van der Waals surface area contributed by atoms with Crippen molar-refractivity contribution in [2.75, 3.05) is 20.8 Å². The summed E-state index contributed by atoms with van der Waals surface area (Å²) in [6, 6.07) is 1.10. The maximum absolute atomic E-state index is 10.8. The SMILES string of the molecule is C=CC(=O)OCCCCCCCCCCCCC[Si](C)(OC)OC.